The third-order valence-electron chi connectivity index (χ3n) is 2.67. The number of rotatable bonds is 6. The highest BCUT2D eigenvalue weighted by atomic mass is 32.2. The lowest BCUT2D eigenvalue weighted by atomic mass is 10.1. The van der Waals surface area contributed by atoms with Crippen LogP contribution in [0.15, 0.2) is 30.5 Å². The summed E-state index contributed by atoms with van der Waals surface area (Å²) in [6.07, 6.45) is 1.68. The van der Waals surface area contributed by atoms with Crippen molar-refractivity contribution < 1.29 is 13.5 Å². The van der Waals surface area contributed by atoms with Crippen molar-refractivity contribution in [3.8, 4) is 0 Å². The molecule has 1 aromatic carbocycles. The van der Waals surface area contributed by atoms with E-state index in [4.69, 9.17) is 5.11 Å². The van der Waals surface area contributed by atoms with Crippen LogP contribution in [0.2, 0.25) is 0 Å². The molecule has 0 spiro atoms. The van der Waals surface area contributed by atoms with Gasteiger partial charge in [0, 0.05) is 17.6 Å². The van der Waals surface area contributed by atoms with Gasteiger partial charge in [0.15, 0.2) is 0 Å². The van der Waals surface area contributed by atoms with Crippen LogP contribution in [-0.4, -0.2) is 18.5 Å². The van der Waals surface area contributed by atoms with Crippen molar-refractivity contribution in [2.75, 3.05) is 0 Å². The van der Waals surface area contributed by atoms with E-state index >= 15 is 0 Å². The zero-order valence-corrected chi connectivity index (χ0v) is 12.7. The van der Waals surface area contributed by atoms with Gasteiger partial charge < -0.3 is 5.11 Å². The summed E-state index contributed by atoms with van der Waals surface area (Å²) in [7, 11) is -3.40. The third kappa shape index (κ3) is 4.38. The first-order valence-corrected chi connectivity index (χ1v) is 8.53. The Labute approximate surface area is 122 Å². The first-order valence-electron chi connectivity index (χ1n) is 6.06. The zero-order valence-electron chi connectivity index (χ0n) is 11.0. The number of aliphatic hydroxyl groups is 1. The second-order valence-corrected chi connectivity index (χ2v) is 7.53. The summed E-state index contributed by atoms with van der Waals surface area (Å²) >= 11 is 1.47. The maximum atomic E-state index is 12.0. The number of thiazole rings is 1. The first kappa shape index (κ1) is 15.1. The fourth-order valence-corrected chi connectivity index (χ4v) is 3.68. The average molecular weight is 312 g/mol. The van der Waals surface area contributed by atoms with E-state index in [1.807, 2.05) is 6.92 Å². The molecule has 0 amide bonds. The lowest BCUT2D eigenvalue weighted by Gasteiger charge is -2.06. The molecule has 0 radical (unpaired) electrons. The Kier molecular flexibility index (Phi) is 4.87. The van der Waals surface area contributed by atoms with Gasteiger partial charge in [-0.2, -0.15) is 0 Å². The van der Waals surface area contributed by atoms with Crippen LogP contribution in [0.25, 0.3) is 0 Å². The quantitative estimate of drug-likeness (QED) is 0.848. The largest absolute Gasteiger partial charge is 0.392 e. The molecule has 5 nitrogen and oxygen atoms in total. The molecule has 20 heavy (non-hydrogen) atoms. The first-order chi connectivity index (χ1) is 9.48. The van der Waals surface area contributed by atoms with E-state index in [1.54, 1.807) is 30.5 Å². The van der Waals surface area contributed by atoms with Crippen LogP contribution in [0.3, 0.4) is 0 Å². The molecular formula is C13H16N2O3S2. The van der Waals surface area contributed by atoms with E-state index in [-0.39, 0.29) is 18.9 Å². The van der Waals surface area contributed by atoms with Crippen LogP contribution >= 0.6 is 11.3 Å². The topological polar surface area (TPSA) is 79.3 Å². The van der Waals surface area contributed by atoms with E-state index in [1.165, 1.54) is 11.3 Å². The van der Waals surface area contributed by atoms with Crippen LogP contribution in [0.1, 0.15) is 21.0 Å². The summed E-state index contributed by atoms with van der Waals surface area (Å²) in [5.74, 6) is -0.0986. The second-order valence-electron chi connectivity index (χ2n) is 4.40. The van der Waals surface area contributed by atoms with Gasteiger partial charge in [-0.25, -0.2) is 18.1 Å². The summed E-state index contributed by atoms with van der Waals surface area (Å²) in [5.41, 5.74) is 1.36. The minimum Gasteiger partial charge on any atom is -0.392 e. The maximum absolute atomic E-state index is 12.0. The number of sulfonamides is 1. The Morgan fingerprint density at radius 2 is 2.10 bits per heavy atom. The molecule has 1 heterocycles. The van der Waals surface area contributed by atoms with Crippen LogP contribution in [0.5, 0.6) is 0 Å². The molecule has 0 fully saturated rings. The van der Waals surface area contributed by atoms with E-state index in [9.17, 15) is 8.42 Å². The van der Waals surface area contributed by atoms with E-state index < -0.39 is 10.0 Å². The zero-order chi connectivity index (χ0) is 14.6. The van der Waals surface area contributed by atoms with Gasteiger partial charge in [-0.1, -0.05) is 24.3 Å². The molecular weight excluding hydrogens is 296 g/mol. The molecule has 108 valence electrons. The van der Waals surface area contributed by atoms with Crippen molar-refractivity contribution in [2.45, 2.75) is 25.8 Å². The van der Waals surface area contributed by atoms with Gasteiger partial charge in [-0.3, -0.25) is 0 Å². The van der Waals surface area contributed by atoms with Crippen molar-refractivity contribution in [1.29, 1.82) is 0 Å². The molecule has 1 aromatic heterocycles. The summed E-state index contributed by atoms with van der Waals surface area (Å²) < 4.78 is 26.5. The summed E-state index contributed by atoms with van der Waals surface area (Å²) in [4.78, 5) is 4.96. The highest BCUT2D eigenvalue weighted by Gasteiger charge is 2.12. The average Bonchev–Trinajstić information content (AvgIpc) is 2.82. The lowest BCUT2D eigenvalue weighted by molar-refractivity contribution is 0.282. The molecule has 7 heteroatoms. The number of hydrogen-bond acceptors (Lipinski definition) is 5. The van der Waals surface area contributed by atoms with Gasteiger partial charge in [0.25, 0.3) is 0 Å². The monoisotopic (exact) mass is 312 g/mol. The Balaban J connectivity index is 1.99. The number of hydrogen-bond donors (Lipinski definition) is 2. The van der Waals surface area contributed by atoms with Crippen LogP contribution in [0, 0.1) is 6.92 Å². The predicted molar refractivity (Wildman–Crippen MR) is 78.7 cm³/mol. The molecule has 2 rings (SSSR count). The minimum atomic E-state index is -3.40. The molecule has 0 saturated heterocycles. The molecule has 0 unspecified atom stereocenters. The van der Waals surface area contributed by atoms with Gasteiger partial charge in [0.05, 0.1) is 17.4 Å². The maximum Gasteiger partial charge on any atom is 0.216 e. The molecule has 0 aliphatic heterocycles. The van der Waals surface area contributed by atoms with E-state index in [0.717, 1.165) is 9.88 Å². The molecule has 0 aliphatic carbocycles. The molecule has 2 N–H and O–H groups in total. The number of benzene rings is 1. The molecule has 2 aromatic rings. The van der Waals surface area contributed by atoms with Crippen molar-refractivity contribution in [3.63, 3.8) is 0 Å². The van der Waals surface area contributed by atoms with Gasteiger partial charge in [-0.15, -0.1) is 11.3 Å². The number of aryl methyl sites for hydroxylation is 1. The number of aromatic nitrogens is 1. The van der Waals surface area contributed by atoms with Gasteiger partial charge in [0.1, 0.15) is 0 Å². The van der Waals surface area contributed by atoms with E-state index in [2.05, 4.69) is 9.71 Å². The Morgan fingerprint density at radius 3 is 2.75 bits per heavy atom. The lowest BCUT2D eigenvalue weighted by Crippen LogP contribution is -2.24. The van der Waals surface area contributed by atoms with Crippen molar-refractivity contribution in [2.24, 2.45) is 0 Å². The second kappa shape index (κ2) is 6.45. The van der Waals surface area contributed by atoms with Gasteiger partial charge >= 0.3 is 0 Å². The summed E-state index contributed by atoms with van der Waals surface area (Å²) in [6.45, 7) is 2.04. The van der Waals surface area contributed by atoms with Crippen LogP contribution in [-0.2, 0) is 28.9 Å². The van der Waals surface area contributed by atoms with Gasteiger partial charge in [-0.05, 0) is 18.1 Å². The minimum absolute atomic E-state index is 0.0958. The van der Waals surface area contributed by atoms with Crippen LogP contribution in [0.4, 0.5) is 0 Å². The SMILES string of the molecule is Cc1ncc(CNS(=O)(=O)Cc2cccc(CO)c2)s1. The summed E-state index contributed by atoms with van der Waals surface area (Å²) in [6, 6.07) is 6.91. The van der Waals surface area contributed by atoms with Crippen molar-refractivity contribution in [1.82, 2.24) is 9.71 Å². The predicted octanol–water partition coefficient (Wildman–Crippen LogP) is 1.56. The molecule has 0 aliphatic rings. The molecule has 0 saturated carbocycles. The Hall–Kier alpha value is -1.28. The standard InChI is InChI=1S/C13H16N2O3S2/c1-10-14-6-13(19-10)7-15-20(17,18)9-12-4-2-3-11(5-12)8-16/h2-6,15-16H,7-9H2,1H3. The van der Waals surface area contributed by atoms with Crippen molar-refractivity contribution in [3.05, 3.63) is 51.5 Å². The Morgan fingerprint density at radius 1 is 1.35 bits per heavy atom. The fraction of sp³-hybridized carbons (Fsp3) is 0.308. The van der Waals surface area contributed by atoms with Crippen molar-refractivity contribution >= 4 is 21.4 Å². The number of nitrogens with zero attached hydrogens (tertiary/aromatic N) is 1. The van der Waals surface area contributed by atoms with E-state index in [0.29, 0.717) is 11.1 Å². The Bertz CT molecular complexity index is 680. The fourth-order valence-electron chi connectivity index (χ4n) is 1.76. The number of aliphatic hydroxyl groups excluding tert-OH is 1. The molecule has 0 bridgehead atoms. The van der Waals surface area contributed by atoms with Gasteiger partial charge in [0.2, 0.25) is 10.0 Å². The third-order valence-corrected chi connectivity index (χ3v) is 4.88. The highest BCUT2D eigenvalue weighted by molar-refractivity contribution is 7.88. The normalized spacial score (nSPS) is 11.7. The highest BCUT2D eigenvalue weighted by Crippen LogP contribution is 2.13. The number of nitrogens with one attached hydrogen (secondary N) is 1. The smallest absolute Gasteiger partial charge is 0.216 e. The molecule has 0 atom stereocenters. The summed E-state index contributed by atoms with van der Waals surface area (Å²) in [5, 5.41) is 9.96. The van der Waals surface area contributed by atoms with Crippen LogP contribution < -0.4 is 4.72 Å².